The van der Waals surface area contributed by atoms with Gasteiger partial charge in [-0.1, -0.05) is 0 Å². The summed E-state index contributed by atoms with van der Waals surface area (Å²) in [5.41, 5.74) is 0.954. The molecule has 0 spiro atoms. The Kier molecular flexibility index (Phi) is 3.94. The lowest BCUT2D eigenvalue weighted by atomic mass is 10.3. The molecule has 17 heavy (non-hydrogen) atoms. The number of halogens is 1. The zero-order valence-electron chi connectivity index (χ0n) is 9.64. The molecule has 0 aromatic carbocycles. The third-order valence-electron chi connectivity index (χ3n) is 2.63. The highest BCUT2D eigenvalue weighted by molar-refractivity contribution is 9.11. The Hall–Kier alpha value is 0.0500. The van der Waals surface area contributed by atoms with Gasteiger partial charge in [-0.15, -0.1) is 11.3 Å². The first kappa shape index (κ1) is 13.5. The number of hydrogen-bond acceptors (Lipinski definition) is 4. The highest BCUT2D eigenvalue weighted by Gasteiger charge is 2.30. The maximum Gasteiger partial charge on any atom is 0.252 e. The zero-order chi connectivity index (χ0) is 12.6. The van der Waals surface area contributed by atoms with Crippen molar-refractivity contribution in [1.29, 1.82) is 0 Å². The Bertz CT molecular complexity index is 492. The first-order valence-electron chi connectivity index (χ1n) is 5.29. The van der Waals surface area contributed by atoms with Crippen molar-refractivity contribution >= 4 is 37.3 Å². The molecule has 1 saturated heterocycles. The maximum atomic E-state index is 12.4. The molecule has 0 saturated carbocycles. The van der Waals surface area contributed by atoms with E-state index in [1.165, 1.54) is 15.6 Å². The van der Waals surface area contributed by atoms with Crippen LogP contribution < -0.4 is 0 Å². The molecule has 1 aromatic heterocycles. The van der Waals surface area contributed by atoms with Gasteiger partial charge in [0.1, 0.15) is 4.21 Å². The van der Waals surface area contributed by atoms with Crippen LogP contribution in [0.3, 0.4) is 0 Å². The molecular formula is C10H14BrNO3S2. The minimum absolute atomic E-state index is 0.0389. The first-order chi connectivity index (χ1) is 7.91. The average molecular weight is 340 g/mol. The summed E-state index contributed by atoms with van der Waals surface area (Å²) in [7, 11) is -3.35. The minimum Gasteiger partial charge on any atom is -0.376 e. The van der Waals surface area contributed by atoms with Crippen LogP contribution in [0.15, 0.2) is 14.1 Å². The molecule has 0 bridgehead atoms. The fourth-order valence-electron chi connectivity index (χ4n) is 1.69. The van der Waals surface area contributed by atoms with Crippen molar-refractivity contribution in [1.82, 2.24) is 4.31 Å². The van der Waals surface area contributed by atoms with Crippen LogP contribution in [0, 0.1) is 6.92 Å². The van der Waals surface area contributed by atoms with Gasteiger partial charge in [0, 0.05) is 13.1 Å². The molecule has 4 nitrogen and oxygen atoms in total. The minimum atomic E-state index is -3.35. The Morgan fingerprint density at radius 3 is 2.82 bits per heavy atom. The van der Waals surface area contributed by atoms with E-state index >= 15 is 0 Å². The number of sulfonamides is 1. The number of aryl methyl sites for hydroxylation is 1. The molecule has 1 fully saturated rings. The smallest absolute Gasteiger partial charge is 0.252 e. The molecule has 1 aliphatic rings. The SMILES string of the molecule is Cc1cc(S(=O)(=O)N2CCO[C@H](C)C2)sc1Br. The fraction of sp³-hybridized carbons (Fsp3) is 0.600. The van der Waals surface area contributed by atoms with Gasteiger partial charge in [0.2, 0.25) is 0 Å². The highest BCUT2D eigenvalue weighted by atomic mass is 79.9. The molecule has 0 radical (unpaired) electrons. The first-order valence-corrected chi connectivity index (χ1v) is 8.34. The summed E-state index contributed by atoms with van der Waals surface area (Å²) in [6, 6.07) is 1.71. The van der Waals surface area contributed by atoms with E-state index in [1.54, 1.807) is 6.07 Å². The van der Waals surface area contributed by atoms with E-state index in [9.17, 15) is 8.42 Å². The quantitative estimate of drug-likeness (QED) is 0.829. The molecule has 0 aliphatic carbocycles. The molecule has 96 valence electrons. The Morgan fingerprint density at radius 2 is 2.29 bits per heavy atom. The van der Waals surface area contributed by atoms with Gasteiger partial charge in [0.15, 0.2) is 0 Å². The zero-order valence-corrected chi connectivity index (χ0v) is 12.9. The van der Waals surface area contributed by atoms with Gasteiger partial charge in [-0.3, -0.25) is 0 Å². The number of nitrogens with zero attached hydrogens (tertiary/aromatic N) is 1. The third kappa shape index (κ3) is 2.73. The molecule has 1 atom stereocenters. The van der Waals surface area contributed by atoms with Crippen LogP contribution in [0.1, 0.15) is 12.5 Å². The van der Waals surface area contributed by atoms with Crippen LogP contribution in [0.4, 0.5) is 0 Å². The van der Waals surface area contributed by atoms with E-state index in [1.807, 2.05) is 13.8 Å². The van der Waals surface area contributed by atoms with Gasteiger partial charge in [-0.2, -0.15) is 4.31 Å². The van der Waals surface area contributed by atoms with Gasteiger partial charge in [0.05, 0.1) is 16.5 Å². The molecule has 2 heterocycles. The van der Waals surface area contributed by atoms with Crippen molar-refractivity contribution in [2.24, 2.45) is 0 Å². The largest absolute Gasteiger partial charge is 0.376 e. The Morgan fingerprint density at radius 1 is 1.59 bits per heavy atom. The van der Waals surface area contributed by atoms with Crippen molar-refractivity contribution in [2.75, 3.05) is 19.7 Å². The number of thiophene rings is 1. The molecule has 7 heteroatoms. The van der Waals surface area contributed by atoms with E-state index in [2.05, 4.69) is 15.9 Å². The fourth-order valence-corrected chi connectivity index (χ4v) is 5.57. The topological polar surface area (TPSA) is 46.6 Å². The standard InChI is InChI=1S/C10H14BrNO3S2/c1-7-5-9(16-10(7)11)17(13,14)12-3-4-15-8(2)6-12/h5,8H,3-4,6H2,1-2H3/t8-/m1/s1. The van der Waals surface area contributed by atoms with E-state index in [0.717, 1.165) is 9.35 Å². The van der Waals surface area contributed by atoms with E-state index in [0.29, 0.717) is 23.9 Å². The lowest BCUT2D eigenvalue weighted by Gasteiger charge is -2.29. The molecule has 1 aliphatic heterocycles. The Balaban J connectivity index is 2.29. The second-order valence-corrected chi connectivity index (χ2v) is 8.60. The predicted molar refractivity (Wildman–Crippen MR) is 70.9 cm³/mol. The number of ether oxygens (including phenoxy) is 1. The summed E-state index contributed by atoms with van der Waals surface area (Å²) >= 11 is 4.62. The monoisotopic (exact) mass is 339 g/mol. The van der Waals surface area contributed by atoms with Crippen molar-refractivity contribution in [3.8, 4) is 0 Å². The van der Waals surface area contributed by atoms with Gasteiger partial charge in [0.25, 0.3) is 10.0 Å². The summed E-state index contributed by atoms with van der Waals surface area (Å²) in [6.45, 7) is 5.10. The summed E-state index contributed by atoms with van der Waals surface area (Å²) in [6.07, 6.45) is -0.0389. The van der Waals surface area contributed by atoms with Crippen molar-refractivity contribution < 1.29 is 13.2 Å². The number of rotatable bonds is 2. The Labute approximate surface area is 114 Å². The van der Waals surface area contributed by atoms with Gasteiger partial charge in [-0.25, -0.2) is 8.42 Å². The molecule has 0 N–H and O–H groups in total. The van der Waals surface area contributed by atoms with Crippen LogP contribution in [0.5, 0.6) is 0 Å². The van der Waals surface area contributed by atoms with Crippen molar-refractivity contribution in [2.45, 2.75) is 24.2 Å². The summed E-state index contributed by atoms with van der Waals surface area (Å²) in [4.78, 5) is 0. The number of hydrogen-bond donors (Lipinski definition) is 0. The summed E-state index contributed by atoms with van der Waals surface area (Å²) in [5, 5.41) is 0. The third-order valence-corrected chi connectivity index (χ3v) is 7.08. The second kappa shape index (κ2) is 4.97. The number of morpholine rings is 1. The predicted octanol–water partition coefficient (Wildman–Crippen LogP) is 2.23. The highest BCUT2D eigenvalue weighted by Crippen LogP contribution is 2.32. The molecule has 0 amide bonds. The second-order valence-electron chi connectivity index (χ2n) is 4.07. The molecular weight excluding hydrogens is 326 g/mol. The van der Waals surface area contributed by atoms with Crippen molar-refractivity contribution in [3.63, 3.8) is 0 Å². The van der Waals surface area contributed by atoms with Crippen LogP contribution >= 0.6 is 27.3 Å². The van der Waals surface area contributed by atoms with Crippen LogP contribution in [-0.4, -0.2) is 38.5 Å². The van der Waals surface area contributed by atoms with Gasteiger partial charge >= 0.3 is 0 Å². The molecule has 0 unspecified atom stereocenters. The molecule has 2 rings (SSSR count). The lowest BCUT2D eigenvalue weighted by molar-refractivity contribution is 0.0102. The lowest BCUT2D eigenvalue weighted by Crippen LogP contribution is -2.44. The van der Waals surface area contributed by atoms with E-state index in [-0.39, 0.29) is 6.10 Å². The summed E-state index contributed by atoms with van der Waals surface area (Å²) < 4.78 is 32.8. The summed E-state index contributed by atoms with van der Waals surface area (Å²) in [5.74, 6) is 0. The normalized spacial score (nSPS) is 22.9. The maximum absolute atomic E-state index is 12.4. The van der Waals surface area contributed by atoms with Crippen LogP contribution in [-0.2, 0) is 14.8 Å². The van der Waals surface area contributed by atoms with Crippen molar-refractivity contribution in [3.05, 3.63) is 15.4 Å². The van der Waals surface area contributed by atoms with Gasteiger partial charge < -0.3 is 4.74 Å². The average Bonchev–Trinajstić information content (AvgIpc) is 2.60. The van der Waals surface area contributed by atoms with E-state index in [4.69, 9.17) is 4.74 Å². The van der Waals surface area contributed by atoms with Gasteiger partial charge in [-0.05, 0) is 41.4 Å². The van der Waals surface area contributed by atoms with Crippen LogP contribution in [0.2, 0.25) is 0 Å². The van der Waals surface area contributed by atoms with E-state index < -0.39 is 10.0 Å². The molecule has 1 aromatic rings. The van der Waals surface area contributed by atoms with Crippen LogP contribution in [0.25, 0.3) is 0 Å².